The summed E-state index contributed by atoms with van der Waals surface area (Å²) in [5.41, 5.74) is 15.2. The highest BCUT2D eigenvalue weighted by atomic mass is 16.3. The molecule has 1 aliphatic rings. The molecule has 0 saturated heterocycles. The van der Waals surface area contributed by atoms with Crippen LogP contribution in [-0.4, -0.2) is 0 Å². The van der Waals surface area contributed by atoms with Crippen LogP contribution < -0.4 is 4.90 Å². The molecule has 0 bridgehead atoms. The maximum Gasteiger partial charge on any atom is 0.143 e. The molecule has 9 aromatic carbocycles. The second kappa shape index (κ2) is 12.1. The number of nitrogens with zero attached hydrogens (tertiary/aromatic N) is 1. The predicted molar refractivity (Wildman–Crippen MR) is 232 cm³/mol. The molecule has 0 radical (unpaired) electrons. The Morgan fingerprint density at radius 2 is 1.04 bits per heavy atom. The van der Waals surface area contributed by atoms with Crippen molar-refractivity contribution >= 4 is 60.5 Å². The third-order valence-electron chi connectivity index (χ3n) is 11.9. The van der Waals surface area contributed by atoms with E-state index in [0.29, 0.717) is 0 Å². The molecule has 1 aliphatic carbocycles. The van der Waals surface area contributed by atoms with Crippen LogP contribution in [0.5, 0.6) is 0 Å². The van der Waals surface area contributed by atoms with Crippen molar-refractivity contribution in [3.8, 4) is 33.4 Å². The molecule has 2 heteroatoms. The van der Waals surface area contributed by atoms with Gasteiger partial charge in [-0.2, -0.15) is 0 Å². The summed E-state index contributed by atoms with van der Waals surface area (Å²) >= 11 is 0. The summed E-state index contributed by atoms with van der Waals surface area (Å²) in [5.74, 6) is 0. The summed E-state index contributed by atoms with van der Waals surface area (Å²) < 4.78 is 6.43. The van der Waals surface area contributed by atoms with E-state index in [9.17, 15) is 0 Å². The fourth-order valence-corrected chi connectivity index (χ4v) is 9.05. The van der Waals surface area contributed by atoms with Crippen molar-refractivity contribution in [2.24, 2.45) is 0 Å². The average Bonchev–Trinajstić information content (AvgIpc) is 3.73. The van der Waals surface area contributed by atoms with Crippen LogP contribution in [0.4, 0.5) is 17.1 Å². The van der Waals surface area contributed by atoms with Crippen LogP contribution in [0, 0.1) is 0 Å². The normalized spacial score (nSPS) is 13.1. The Morgan fingerprint density at radius 3 is 1.95 bits per heavy atom. The van der Waals surface area contributed by atoms with Gasteiger partial charge in [-0.3, -0.25) is 0 Å². The van der Waals surface area contributed by atoms with Gasteiger partial charge in [0.2, 0.25) is 0 Å². The number of rotatable bonds is 5. The number of anilines is 3. The maximum atomic E-state index is 6.43. The molecule has 10 aromatic rings. The van der Waals surface area contributed by atoms with Crippen molar-refractivity contribution in [1.29, 1.82) is 0 Å². The van der Waals surface area contributed by atoms with Gasteiger partial charge in [0, 0.05) is 38.6 Å². The van der Waals surface area contributed by atoms with Crippen LogP contribution in [0.2, 0.25) is 0 Å². The molecule has 11 rings (SSSR count). The second-order valence-electron chi connectivity index (χ2n) is 15.3. The van der Waals surface area contributed by atoms with Crippen molar-refractivity contribution in [3.05, 3.63) is 199 Å². The Morgan fingerprint density at radius 1 is 0.382 bits per heavy atom. The lowest BCUT2D eigenvalue weighted by Gasteiger charge is -2.28. The molecule has 0 spiro atoms. The maximum absolute atomic E-state index is 6.43. The summed E-state index contributed by atoms with van der Waals surface area (Å²) in [6.07, 6.45) is 0. The van der Waals surface area contributed by atoms with E-state index in [4.69, 9.17) is 4.42 Å². The van der Waals surface area contributed by atoms with E-state index in [2.05, 4.69) is 195 Å². The Hall–Kier alpha value is -6.90. The Labute approximate surface area is 320 Å². The summed E-state index contributed by atoms with van der Waals surface area (Å²) in [6, 6.07) is 68.5. The lowest BCUT2D eigenvalue weighted by atomic mass is 9.82. The highest BCUT2D eigenvalue weighted by Gasteiger charge is 2.35. The van der Waals surface area contributed by atoms with Crippen LogP contribution in [0.1, 0.15) is 25.0 Å². The molecule has 0 saturated carbocycles. The van der Waals surface area contributed by atoms with Crippen LogP contribution >= 0.6 is 0 Å². The zero-order valence-electron chi connectivity index (χ0n) is 30.8. The van der Waals surface area contributed by atoms with E-state index in [-0.39, 0.29) is 5.41 Å². The molecule has 1 aromatic heterocycles. The van der Waals surface area contributed by atoms with E-state index < -0.39 is 0 Å². The summed E-state index contributed by atoms with van der Waals surface area (Å²) in [7, 11) is 0. The van der Waals surface area contributed by atoms with Crippen molar-refractivity contribution in [3.63, 3.8) is 0 Å². The Bertz CT molecular complexity index is 3120. The lowest BCUT2D eigenvalue weighted by molar-refractivity contribution is 0.660. The van der Waals surface area contributed by atoms with Crippen molar-refractivity contribution in [2.75, 3.05) is 4.90 Å². The van der Waals surface area contributed by atoms with Crippen molar-refractivity contribution in [2.45, 2.75) is 19.3 Å². The molecule has 0 N–H and O–H groups in total. The molecule has 0 unspecified atom stereocenters. The molecule has 2 nitrogen and oxygen atoms in total. The van der Waals surface area contributed by atoms with Gasteiger partial charge in [-0.05, 0) is 115 Å². The molecular formula is C53H37NO. The SMILES string of the molecule is CC1(C)c2ccccc2-c2ccc(N(c3ccc(-c4ccc5ccc6c7ccccc7oc6c5c4)cc3)c3cccc(-c4cccc5ccccc45)c3)cc21. The van der Waals surface area contributed by atoms with Gasteiger partial charge in [-0.1, -0.05) is 147 Å². The van der Waals surface area contributed by atoms with Crippen molar-refractivity contribution in [1.82, 2.24) is 0 Å². The summed E-state index contributed by atoms with van der Waals surface area (Å²) in [5, 5.41) is 7.10. The lowest BCUT2D eigenvalue weighted by Crippen LogP contribution is -2.16. The van der Waals surface area contributed by atoms with Gasteiger partial charge in [-0.25, -0.2) is 0 Å². The third-order valence-corrected chi connectivity index (χ3v) is 11.9. The first-order chi connectivity index (χ1) is 27.0. The van der Waals surface area contributed by atoms with Gasteiger partial charge in [0.15, 0.2) is 0 Å². The number of para-hydroxylation sites is 1. The number of furan rings is 1. The average molecular weight is 704 g/mol. The molecule has 0 amide bonds. The Kier molecular flexibility index (Phi) is 6.93. The van der Waals surface area contributed by atoms with E-state index in [1.54, 1.807) is 0 Å². The first kappa shape index (κ1) is 31.6. The number of hydrogen-bond acceptors (Lipinski definition) is 2. The molecule has 1 heterocycles. The zero-order valence-corrected chi connectivity index (χ0v) is 30.8. The van der Waals surface area contributed by atoms with Crippen molar-refractivity contribution < 1.29 is 4.42 Å². The first-order valence-electron chi connectivity index (χ1n) is 19.1. The number of benzene rings is 9. The fraction of sp³-hybridized carbons (Fsp3) is 0.0566. The summed E-state index contributed by atoms with van der Waals surface area (Å²) in [6.45, 7) is 4.70. The van der Waals surface area contributed by atoms with Gasteiger partial charge < -0.3 is 9.32 Å². The first-order valence-corrected chi connectivity index (χ1v) is 19.1. The minimum atomic E-state index is -0.108. The van der Waals surface area contributed by atoms with Crippen LogP contribution in [0.3, 0.4) is 0 Å². The number of hydrogen-bond donors (Lipinski definition) is 0. The standard InChI is InChI=1S/C53H37NO/c1-53(2)49-19-7-5-16-44(49)45-30-28-41(33-50(45)53)54(40-14-9-13-38(31-40)43-18-10-12-35-11-3-4-15-42(35)43)39-26-23-34(24-27-39)37-22-21-36-25-29-47-46-17-6-8-20-51(46)55-52(47)48(36)32-37/h3-33H,1-2H3. The van der Waals surface area contributed by atoms with Gasteiger partial charge in [-0.15, -0.1) is 0 Å². The largest absolute Gasteiger partial charge is 0.455 e. The topological polar surface area (TPSA) is 16.4 Å². The predicted octanol–water partition coefficient (Wildman–Crippen LogP) is 15.0. The summed E-state index contributed by atoms with van der Waals surface area (Å²) in [4.78, 5) is 2.41. The minimum Gasteiger partial charge on any atom is -0.455 e. The van der Waals surface area contributed by atoms with E-state index in [1.165, 1.54) is 49.5 Å². The zero-order chi connectivity index (χ0) is 36.7. The minimum absolute atomic E-state index is 0.108. The van der Waals surface area contributed by atoms with Gasteiger partial charge in [0.1, 0.15) is 11.2 Å². The number of fused-ring (bicyclic) bond motifs is 9. The van der Waals surface area contributed by atoms with Crippen LogP contribution in [-0.2, 0) is 5.41 Å². The molecule has 0 fully saturated rings. The second-order valence-corrected chi connectivity index (χ2v) is 15.3. The Balaban J connectivity index is 1.05. The van der Waals surface area contributed by atoms with E-state index in [1.807, 2.05) is 12.1 Å². The van der Waals surface area contributed by atoms with Gasteiger partial charge in [0.25, 0.3) is 0 Å². The smallest absolute Gasteiger partial charge is 0.143 e. The molecule has 0 aliphatic heterocycles. The molecule has 55 heavy (non-hydrogen) atoms. The third kappa shape index (κ3) is 4.95. The fourth-order valence-electron chi connectivity index (χ4n) is 9.05. The molecule has 260 valence electrons. The van der Waals surface area contributed by atoms with Crippen LogP contribution in [0.15, 0.2) is 192 Å². The molecular weight excluding hydrogens is 667 g/mol. The van der Waals surface area contributed by atoms with Gasteiger partial charge >= 0.3 is 0 Å². The highest BCUT2D eigenvalue weighted by molar-refractivity contribution is 6.15. The van der Waals surface area contributed by atoms with E-state index in [0.717, 1.165) is 55.5 Å². The highest BCUT2D eigenvalue weighted by Crippen LogP contribution is 2.51. The van der Waals surface area contributed by atoms with Crippen LogP contribution in [0.25, 0.3) is 76.9 Å². The van der Waals surface area contributed by atoms with E-state index >= 15 is 0 Å². The molecule has 0 atom stereocenters. The monoisotopic (exact) mass is 703 g/mol. The van der Waals surface area contributed by atoms with Gasteiger partial charge in [0.05, 0.1) is 0 Å². The quantitative estimate of drug-likeness (QED) is 0.177.